The molecule has 0 heterocycles. The van der Waals surface area contributed by atoms with Crippen LogP contribution in [0.4, 0.5) is 11.4 Å². The molecule has 1 aliphatic rings. The predicted molar refractivity (Wildman–Crippen MR) is 79.4 cm³/mol. The lowest BCUT2D eigenvalue weighted by molar-refractivity contribution is 0.0956. The van der Waals surface area contributed by atoms with Gasteiger partial charge in [0.2, 0.25) is 0 Å². The average Bonchev–Trinajstić information content (AvgIpc) is 2.42. The van der Waals surface area contributed by atoms with Crippen LogP contribution in [0, 0.1) is 0 Å². The van der Waals surface area contributed by atoms with Gasteiger partial charge < -0.3 is 16.4 Å². The van der Waals surface area contributed by atoms with E-state index in [0.717, 1.165) is 5.69 Å². The molecule has 1 aromatic carbocycles. The molecule has 0 spiro atoms. The maximum atomic E-state index is 11.7. The molecule has 19 heavy (non-hydrogen) atoms. The molecule has 0 radical (unpaired) electrons. The maximum Gasteiger partial charge on any atom is 0.251 e. The van der Waals surface area contributed by atoms with E-state index in [4.69, 9.17) is 5.73 Å². The zero-order chi connectivity index (χ0) is 13.7. The van der Waals surface area contributed by atoms with Crippen LogP contribution >= 0.6 is 0 Å². The highest BCUT2D eigenvalue weighted by atomic mass is 16.1. The van der Waals surface area contributed by atoms with Gasteiger partial charge in [-0.2, -0.15) is 0 Å². The van der Waals surface area contributed by atoms with Crippen LogP contribution in [0.5, 0.6) is 0 Å². The van der Waals surface area contributed by atoms with E-state index in [9.17, 15) is 4.79 Å². The van der Waals surface area contributed by atoms with Crippen LogP contribution in [-0.4, -0.2) is 18.5 Å². The van der Waals surface area contributed by atoms with Crippen LogP contribution in [0.25, 0.3) is 0 Å². The molecular weight excluding hydrogens is 238 g/mol. The fourth-order valence-electron chi connectivity index (χ4n) is 2.56. The van der Waals surface area contributed by atoms with Crippen molar-refractivity contribution in [2.45, 2.75) is 45.1 Å². The van der Waals surface area contributed by atoms with E-state index >= 15 is 0 Å². The lowest BCUT2D eigenvalue weighted by Crippen LogP contribution is -2.24. The van der Waals surface area contributed by atoms with Crippen molar-refractivity contribution in [2.24, 2.45) is 0 Å². The molecule has 0 atom stereocenters. The Morgan fingerprint density at radius 2 is 2.05 bits per heavy atom. The summed E-state index contributed by atoms with van der Waals surface area (Å²) in [7, 11) is 0. The molecular formula is C15H23N3O. The molecule has 0 aliphatic heterocycles. The molecule has 0 bridgehead atoms. The quantitative estimate of drug-likeness (QED) is 0.730. The summed E-state index contributed by atoms with van der Waals surface area (Å²) in [5.41, 5.74) is 8.24. The number of hydrogen-bond donors (Lipinski definition) is 3. The van der Waals surface area contributed by atoms with Crippen molar-refractivity contribution < 1.29 is 4.79 Å². The third-order valence-electron chi connectivity index (χ3n) is 3.62. The summed E-state index contributed by atoms with van der Waals surface area (Å²) in [5.74, 6) is -0.0709. The van der Waals surface area contributed by atoms with Crippen molar-refractivity contribution in [2.75, 3.05) is 17.6 Å². The Bertz CT molecular complexity index is 439. The van der Waals surface area contributed by atoms with Gasteiger partial charge in [0, 0.05) is 18.2 Å². The van der Waals surface area contributed by atoms with Crippen LogP contribution in [0.2, 0.25) is 0 Å². The third kappa shape index (κ3) is 3.63. The van der Waals surface area contributed by atoms with Crippen molar-refractivity contribution in [3.8, 4) is 0 Å². The number of benzene rings is 1. The number of hydrogen-bond acceptors (Lipinski definition) is 3. The molecule has 0 unspecified atom stereocenters. The Labute approximate surface area is 114 Å². The second-order valence-corrected chi connectivity index (χ2v) is 5.14. The Hall–Kier alpha value is -1.71. The first-order valence-corrected chi connectivity index (χ1v) is 7.15. The van der Waals surface area contributed by atoms with Crippen LogP contribution in [0.3, 0.4) is 0 Å². The number of nitrogens with two attached hydrogens (primary N) is 1. The number of nitrogen functional groups attached to an aromatic ring is 1. The topological polar surface area (TPSA) is 67.2 Å². The third-order valence-corrected chi connectivity index (χ3v) is 3.62. The van der Waals surface area contributed by atoms with Crippen LogP contribution in [-0.2, 0) is 0 Å². The largest absolute Gasteiger partial charge is 0.397 e. The van der Waals surface area contributed by atoms with Gasteiger partial charge in [0.05, 0.1) is 11.4 Å². The van der Waals surface area contributed by atoms with Crippen molar-refractivity contribution >= 4 is 17.3 Å². The lowest BCUT2D eigenvalue weighted by atomic mass is 9.95. The first kappa shape index (κ1) is 13.7. The lowest BCUT2D eigenvalue weighted by Gasteiger charge is -2.24. The summed E-state index contributed by atoms with van der Waals surface area (Å²) in [6.07, 6.45) is 6.32. The Balaban J connectivity index is 2.04. The zero-order valence-electron chi connectivity index (χ0n) is 11.5. The summed E-state index contributed by atoms with van der Waals surface area (Å²) in [6, 6.07) is 6.00. The van der Waals surface area contributed by atoms with Gasteiger partial charge in [-0.1, -0.05) is 19.3 Å². The van der Waals surface area contributed by atoms with Gasteiger partial charge in [-0.05, 0) is 38.0 Å². The molecule has 1 aromatic rings. The second-order valence-electron chi connectivity index (χ2n) is 5.14. The van der Waals surface area contributed by atoms with E-state index in [-0.39, 0.29) is 5.91 Å². The van der Waals surface area contributed by atoms with Crippen molar-refractivity contribution in [3.05, 3.63) is 23.8 Å². The van der Waals surface area contributed by atoms with Crippen molar-refractivity contribution in [1.82, 2.24) is 5.32 Å². The standard InChI is InChI=1S/C15H23N3O/c1-2-17-15(19)11-8-9-14(13(16)10-11)18-12-6-4-3-5-7-12/h8-10,12,18H,2-7,16H2,1H3,(H,17,19). The van der Waals surface area contributed by atoms with Gasteiger partial charge in [0.1, 0.15) is 0 Å². The minimum Gasteiger partial charge on any atom is -0.397 e. The first-order valence-electron chi connectivity index (χ1n) is 7.15. The molecule has 1 aliphatic carbocycles. The summed E-state index contributed by atoms with van der Waals surface area (Å²) in [5, 5.41) is 6.27. The summed E-state index contributed by atoms with van der Waals surface area (Å²) >= 11 is 0. The first-order chi connectivity index (χ1) is 9.20. The minimum absolute atomic E-state index is 0.0709. The summed E-state index contributed by atoms with van der Waals surface area (Å²) in [6.45, 7) is 2.53. The number of nitrogens with one attached hydrogen (secondary N) is 2. The van der Waals surface area contributed by atoms with Gasteiger partial charge in [-0.3, -0.25) is 4.79 Å². The number of carbonyl (C=O) groups excluding carboxylic acids is 1. The SMILES string of the molecule is CCNC(=O)c1ccc(NC2CCCCC2)c(N)c1. The number of carbonyl (C=O) groups is 1. The predicted octanol–water partition coefficient (Wildman–Crippen LogP) is 2.76. The normalized spacial score (nSPS) is 16.1. The highest BCUT2D eigenvalue weighted by molar-refractivity contribution is 5.96. The summed E-state index contributed by atoms with van der Waals surface area (Å²) in [4.78, 5) is 11.7. The highest BCUT2D eigenvalue weighted by Gasteiger charge is 2.14. The summed E-state index contributed by atoms with van der Waals surface area (Å²) < 4.78 is 0. The number of anilines is 2. The molecule has 1 amide bonds. The highest BCUT2D eigenvalue weighted by Crippen LogP contribution is 2.25. The maximum absolute atomic E-state index is 11.7. The Kier molecular flexibility index (Phi) is 4.66. The van der Waals surface area contributed by atoms with Crippen LogP contribution in [0.1, 0.15) is 49.4 Å². The van der Waals surface area contributed by atoms with Gasteiger partial charge >= 0.3 is 0 Å². The fourth-order valence-corrected chi connectivity index (χ4v) is 2.56. The molecule has 0 saturated heterocycles. The van der Waals surface area contributed by atoms with Gasteiger partial charge in [0.15, 0.2) is 0 Å². The molecule has 104 valence electrons. The van der Waals surface area contributed by atoms with E-state index in [0.29, 0.717) is 23.8 Å². The Morgan fingerprint density at radius 3 is 2.68 bits per heavy atom. The van der Waals surface area contributed by atoms with E-state index in [1.165, 1.54) is 32.1 Å². The molecule has 4 nitrogen and oxygen atoms in total. The molecule has 1 saturated carbocycles. The van der Waals surface area contributed by atoms with Crippen LogP contribution in [0.15, 0.2) is 18.2 Å². The average molecular weight is 261 g/mol. The van der Waals surface area contributed by atoms with Crippen molar-refractivity contribution in [1.29, 1.82) is 0 Å². The fraction of sp³-hybridized carbons (Fsp3) is 0.533. The zero-order valence-corrected chi connectivity index (χ0v) is 11.5. The Morgan fingerprint density at radius 1 is 1.32 bits per heavy atom. The van der Waals surface area contributed by atoms with Gasteiger partial charge in [0.25, 0.3) is 5.91 Å². The minimum atomic E-state index is -0.0709. The van der Waals surface area contributed by atoms with Gasteiger partial charge in [-0.25, -0.2) is 0 Å². The number of rotatable bonds is 4. The molecule has 4 heteroatoms. The van der Waals surface area contributed by atoms with Crippen LogP contribution < -0.4 is 16.4 Å². The number of amides is 1. The molecule has 1 fully saturated rings. The molecule has 4 N–H and O–H groups in total. The van der Waals surface area contributed by atoms with E-state index in [1.54, 1.807) is 6.07 Å². The molecule has 0 aromatic heterocycles. The van der Waals surface area contributed by atoms with E-state index in [2.05, 4.69) is 10.6 Å². The van der Waals surface area contributed by atoms with E-state index < -0.39 is 0 Å². The van der Waals surface area contributed by atoms with E-state index in [1.807, 2.05) is 19.1 Å². The monoisotopic (exact) mass is 261 g/mol. The van der Waals surface area contributed by atoms with Gasteiger partial charge in [-0.15, -0.1) is 0 Å². The smallest absolute Gasteiger partial charge is 0.251 e. The van der Waals surface area contributed by atoms with Crippen molar-refractivity contribution in [3.63, 3.8) is 0 Å². The molecule has 2 rings (SSSR count). The second kappa shape index (κ2) is 6.45.